The van der Waals surface area contributed by atoms with Gasteiger partial charge < -0.3 is 10.8 Å². The molecule has 1 heterocycles. The lowest BCUT2D eigenvalue weighted by Crippen LogP contribution is -2.41. The van der Waals surface area contributed by atoms with Crippen LogP contribution in [0.15, 0.2) is 36.4 Å². The molecule has 1 atom stereocenters. The van der Waals surface area contributed by atoms with Crippen LogP contribution in [0.2, 0.25) is 4.34 Å². The molecule has 0 aliphatic heterocycles. The highest BCUT2D eigenvalue weighted by molar-refractivity contribution is 7.16. The molecule has 3 N–H and O–H groups in total. The first kappa shape index (κ1) is 14.5. The molecule has 1 aromatic carbocycles. The van der Waals surface area contributed by atoms with Gasteiger partial charge in [0, 0.05) is 16.8 Å². The van der Waals surface area contributed by atoms with Gasteiger partial charge in [-0.3, -0.25) is 0 Å². The van der Waals surface area contributed by atoms with Gasteiger partial charge in [-0.25, -0.2) is 4.39 Å². The molecule has 0 bridgehead atoms. The molecule has 0 fully saturated rings. The van der Waals surface area contributed by atoms with E-state index >= 15 is 0 Å². The van der Waals surface area contributed by atoms with Crippen LogP contribution in [0.3, 0.4) is 0 Å². The molecule has 0 amide bonds. The predicted molar refractivity (Wildman–Crippen MR) is 77.3 cm³/mol. The van der Waals surface area contributed by atoms with E-state index in [0.717, 1.165) is 4.88 Å². The molecule has 102 valence electrons. The van der Waals surface area contributed by atoms with Crippen molar-refractivity contribution < 1.29 is 9.50 Å². The van der Waals surface area contributed by atoms with E-state index in [1.54, 1.807) is 24.3 Å². The maximum atomic E-state index is 14.0. The highest BCUT2D eigenvalue weighted by Gasteiger charge is 2.33. The molecular weight excluding hydrogens is 285 g/mol. The number of rotatable bonds is 5. The summed E-state index contributed by atoms with van der Waals surface area (Å²) in [5.41, 5.74) is 5.46. The first-order chi connectivity index (χ1) is 9.11. The molecule has 2 nitrogen and oxygen atoms in total. The Morgan fingerprint density at radius 2 is 2.00 bits per heavy atom. The predicted octanol–water partition coefficient (Wildman–Crippen LogP) is 2.97. The third-order valence-corrected chi connectivity index (χ3v) is 4.51. The second-order valence-corrected chi connectivity index (χ2v) is 6.30. The minimum Gasteiger partial charge on any atom is -0.395 e. The first-order valence-electron chi connectivity index (χ1n) is 5.91. The number of benzene rings is 1. The van der Waals surface area contributed by atoms with Gasteiger partial charge in [0.05, 0.1) is 10.9 Å². The van der Waals surface area contributed by atoms with E-state index in [9.17, 15) is 9.50 Å². The van der Waals surface area contributed by atoms with E-state index in [4.69, 9.17) is 17.3 Å². The highest BCUT2D eigenvalue weighted by Crippen LogP contribution is 2.33. The summed E-state index contributed by atoms with van der Waals surface area (Å²) in [4.78, 5) is 0.979. The molecule has 0 aliphatic rings. The van der Waals surface area contributed by atoms with Crippen molar-refractivity contribution in [1.29, 1.82) is 0 Å². The molecule has 2 rings (SSSR count). The molecule has 1 aromatic heterocycles. The van der Waals surface area contributed by atoms with Gasteiger partial charge in [-0.2, -0.15) is 0 Å². The van der Waals surface area contributed by atoms with E-state index in [1.807, 2.05) is 6.07 Å². The number of nitrogens with two attached hydrogens (primary N) is 1. The fraction of sp³-hybridized carbons (Fsp3) is 0.286. The van der Waals surface area contributed by atoms with Gasteiger partial charge in [0.15, 0.2) is 0 Å². The Morgan fingerprint density at radius 1 is 1.26 bits per heavy atom. The molecule has 0 aliphatic carbocycles. The van der Waals surface area contributed by atoms with Crippen LogP contribution in [-0.4, -0.2) is 18.3 Å². The number of hydrogen-bond acceptors (Lipinski definition) is 3. The van der Waals surface area contributed by atoms with Crippen molar-refractivity contribution >= 4 is 22.9 Å². The van der Waals surface area contributed by atoms with Crippen molar-refractivity contribution in [3.63, 3.8) is 0 Å². The monoisotopic (exact) mass is 299 g/mol. The Kier molecular flexibility index (Phi) is 4.58. The summed E-state index contributed by atoms with van der Waals surface area (Å²) >= 11 is 7.33. The van der Waals surface area contributed by atoms with Gasteiger partial charge in [-0.15, -0.1) is 11.3 Å². The Balaban J connectivity index is 2.40. The standard InChI is InChI=1S/C14H15ClFNOS/c15-13-6-5-10(19-13)7-14(8-17,9-18)11-3-1-2-4-12(11)16/h1-6,18H,7-9,17H2. The van der Waals surface area contributed by atoms with Crippen LogP contribution >= 0.6 is 22.9 Å². The van der Waals surface area contributed by atoms with Crippen molar-refractivity contribution in [2.45, 2.75) is 11.8 Å². The number of halogens is 2. The van der Waals surface area contributed by atoms with Gasteiger partial charge in [-0.1, -0.05) is 29.8 Å². The zero-order valence-electron chi connectivity index (χ0n) is 10.3. The minimum absolute atomic E-state index is 0.167. The van der Waals surface area contributed by atoms with E-state index in [2.05, 4.69) is 0 Å². The zero-order chi connectivity index (χ0) is 13.9. The molecule has 0 spiro atoms. The molecule has 0 radical (unpaired) electrons. The largest absolute Gasteiger partial charge is 0.395 e. The SMILES string of the molecule is NCC(CO)(Cc1ccc(Cl)s1)c1ccccc1F. The number of aliphatic hydroxyl groups is 1. The Labute approximate surface area is 120 Å². The zero-order valence-corrected chi connectivity index (χ0v) is 11.8. The molecule has 0 saturated heterocycles. The van der Waals surface area contributed by atoms with Crippen molar-refractivity contribution in [2.75, 3.05) is 13.2 Å². The van der Waals surface area contributed by atoms with Crippen molar-refractivity contribution in [3.05, 3.63) is 57.0 Å². The van der Waals surface area contributed by atoms with Crippen molar-refractivity contribution in [2.24, 2.45) is 5.73 Å². The minimum atomic E-state index is -0.806. The molecule has 2 aromatic rings. The van der Waals surface area contributed by atoms with Crippen LogP contribution in [0.5, 0.6) is 0 Å². The highest BCUT2D eigenvalue weighted by atomic mass is 35.5. The third-order valence-electron chi connectivity index (χ3n) is 3.28. The summed E-state index contributed by atoms with van der Waals surface area (Å²) in [6.07, 6.45) is 0.471. The lowest BCUT2D eigenvalue weighted by atomic mass is 9.77. The lowest BCUT2D eigenvalue weighted by molar-refractivity contribution is 0.193. The number of hydrogen-bond donors (Lipinski definition) is 2. The summed E-state index contributed by atoms with van der Waals surface area (Å²) in [5.74, 6) is -0.343. The average Bonchev–Trinajstić information content (AvgIpc) is 2.82. The molecular formula is C14H15ClFNOS. The van der Waals surface area contributed by atoms with Gasteiger partial charge >= 0.3 is 0 Å². The summed E-state index contributed by atoms with van der Waals surface area (Å²) in [5, 5.41) is 9.75. The summed E-state index contributed by atoms with van der Waals surface area (Å²) in [7, 11) is 0. The Hall–Kier alpha value is -0.940. The maximum absolute atomic E-state index is 14.0. The van der Waals surface area contributed by atoms with Crippen molar-refractivity contribution in [1.82, 2.24) is 0 Å². The van der Waals surface area contributed by atoms with E-state index < -0.39 is 5.41 Å². The second-order valence-electron chi connectivity index (χ2n) is 4.51. The number of thiophene rings is 1. The first-order valence-corrected chi connectivity index (χ1v) is 7.11. The van der Waals surface area contributed by atoms with Gasteiger partial charge in [0.2, 0.25) is 0 Å². The van der Waals surface area contributed by atoms with Crippen LogP contribution < -0.4 is 5.73 Å². The van der Waals surface area contributed by atoms with Crippen LogP contribution in [0, 0.1) is 5.82 Å². The quantitative estimate of drug-likeness (QED) is 0.891. The summed E-state index contributed by atoms with van der Waals surface area (Å²) < 4.78 is 14.7. The number of aliphatic hydroxyl groups excluding tert-OH is 1. The normalized spacial score (nSPS) is 14.3. The van der Waals surface area contributed by atoms with Crippen molar-refractivity contribution in [3.8, 4) is 0 Å². The van der Waals surface area contributed by atoms with Crippen LogP contribution in [0.4, 0.5) is 4.39 Å². The lowest BCUT2D eigenvalue weighted by Gasteiger charge is -2.31. The van der Waals surface area contributed by atoms with E-state index in [1.165, 1.54) is 17.4 Å². The Bertz CT molecular complexity index is 554. The smallest absolute Gasteiger partial charge is 0.127 e. The van der Waals surface area contributed by atoms with Gasteiger partial charge in [0.25, 0.3) is 0 Å². The summed E-state index contributed by atoms with van der Waals surface area (Å²) in [6, 6.07) is 10.1. The topological polar surface area (TPSA) is 46.2 Å². The van der Waals surface area contributed by atoms with Crippen LogP contribution in [-0.2, 0) is 11.8 Å². The molecule has 0 saturated carbocycles. The van der Waals surface area contributed by atoms with Crippen LogP contribution in [0.1, 0.15) is 10.4 Å². The third kappa shape index (κ3) is 2.98. The second kappa shape index (κ2) is 6.01. The fourth-order valence-electron chi connectivity index (χ4n) is 2.15. The maximum Gasteiger partial charge on any atom is 0.127 e. The van der Waals surface area contributed by atoms with E-state index in [-0.39, 0.29) is 19.0 Å². The molecule has 19 heavy (non-hydrogen) atoms. The molecule has 5 heteroatoms. The fourth-order valence-corrected chi connectivity index (χ4v) is 3.39. The summed E-state index contributed by atoms with van der Waals surface area (Å²) in [6.45, 7) is -0.0418. The average molecular weight is 300 g/mol. The van der Waals surface area contributed by atoms with Gasteiger partial charge in [0.1, 0.15) is 5.82 Å². The molecule has 1 unspecified atom stereocenters. The Morgan fingerprint density at radius 3 is 2.53 bits per heavy atom. The van der Waals surface area contributed by atoms with E-state index in [0.29, 0.717) is 16.3 Å². The van der Waals surface area contributed by atoms with Gasteiger partial charge in [-0.05, 0) is 30.2 Å². The van der Waals surface area contributed by atoms with Crippen LogP contribution in [0.25, 0.3) is 0 Å².